The van der Waals surface area contributed by atoms with E-state index in [1.165, 1.54) is 23.7 Å². The molecule has 0 bridgehead atoms. The third-order valence-electron chi connectivity index (χ3n) is 4.71. The Kier molecular flexibility index (Phi) is 7.43. The molecule has 1 amide bonds. The minimum absolute atomic E-state index is 0.210. The lowest BCUT2D eigenvalue weighted by Crippen LogP contribution is -2.48. The number of hydrogen-bond acceptors (Lipinski definition) is 7. The second kappa shape index (κ2) is 9.80. The average Bonchev–Trinajstić information content (AvgIpc) is 3.13. The van der Waals surface area contributed by atoms with E-state index in [0.717, 1.165) is 33.0 Å². The van der Waals surface area contributed by atoms with Gasteiger partial charge in [-0.15, -0.1) is 10.2 Å². The molecule has 8 heteroatoms. The second-order valence-corrected chi connectivity index (χ2v) is 10.1. The fraction of sp³-hybridized carbons (Fsp3) is 0.526. The molecule has 2 aromatic rings. The summed E-state index contributed by atoms with van der Waals surface area (Å²) in [5.41, 5.74) is 1.22. The summed E-state index contributed by atoms with van der Waals surface area (Å²) in [6.45, 7) is 4.30. The maximum atomic E-state index is 12.6. The maximum Gasteiger partial charge on any atom is 0.233 e. The van der Waals surface area contributed by atoms with Crippen molar-refractivity contribution in [1.82, 2.24) is 15.1 Å². The summed E-state index contributed by atoms with van der Waals surface area (Å²) in [6, 6.07) is 8.72. The van der Waals surface area contributed by atoms with Gasteiger partial charge in [0.25, 0.3) is 0 Å². The fourth-order valence-corrected chi connectivity index (χ4v) is 6.14. The average molecular weight is 424 g/mol. The lowest BCUT2D eigenvalue weighted by molar-refractivity contribution is -0.134. The molecule has 1 aromatic carbocycles. The molecule has 5 nitrogen and oxygen atoms in total. The Hall–Kier alpha value is -1.25. The number of piperidine rings is 1. The highest BCUT2D eigenvalue weighted by Gasteiger charge is 2.28. The number of nitrogens with zero attached hydrogens (tertiary/aromatic N) is 3. The van der Waals surface area contributed by atoms with Crippen LogP contribution in [0.15, 0.2) is 32.9 Å². The zero-order valence-corrected chi connectivity index (χ0v) is 18.3. The number of carbonyl (C=O) groups excluding carboxylic acids is 1. The number of likely N-dealkylation sites (tertiary alicyclic amines) is 1. The first-order chi connectivity index (χ1) is 13.1. The first kappa shape index (κ1) is 20.5. The van der Waals surface area contributed by atoms with E-state index in [9.17, 15) is 4.79 Å². The summed E-state index contributed by atoms with van der Waals surface area (Å²) >= 11 is 4.72. The molecule has 146 valence electrons. The van der Waals surface area contributed by atoms with Crippen molar-refractivity contribution in [3.05, 3.63) is 29.8 Å². The van der Waals surface area contributed by atoms with Crippen LogP contribution >= 0.6 is 34.9 Å². The third-order valence-corrected chi connectivity index (χ3v) is 7.96. The van der Waals surface area contributed by atoms with E-state index < -0.39 is 0 Å². The molecule has 1 aromatic heterocycles. The van der Waals surface area contributed by atoms with Crippen molar-refractivity contribution in [2.24, 2.45) is 0 Å². The van der Waals surface area contributed by atoms with Gasteiger partial charge in [0.1, 0.15) is 5.75 Å². The van der Waals surface area contributed by atoms with Crippen molar-refractivity contribution in [2.45, 2.75) is 59.6 Å². The largest absolute Gasteiger partial charge is 0.497 e. The Morgan fingerprint density at radius 1 is 1.15 bits per heavy atom. The number of rotatable bonds is 7. The number of methoxy groups -OCH3 is 1. The number of aromatic nitrogens is 2. The van der Waals surface area contributed by atoms with E-state index in [-0.39, 0.29) is 5.91 Å². The van der Waals surface area contributed by atoms with E-state index in [1.54, 1.807) is 30.2 Å². The monoisotopic (exact) mass is 423 g/mol. The van der Waals surface area contributed by atoms with Gasteiger partial charge in [0.05, 0.1) is 12.9 Å². The van der Waals surface area contributed by atoms with Crippen LogP contribution in [-0.4, -0.2) is 46.0 Å². The van der Waals surface area contributed by atoms with Crippen LogP contribution in [0.25, 0.3) is 0 Å². The lowest BCUT2D eigenvalue weighted by atomic mass is 9.98. The van der Waals surface area contributed by atoms with Crippen molar-refractivity contribution in [3.8, 4) is 5.75 Å². The van der Waals surface area contributed by atoms with Gasteiger partial charge in [0.2, 0.25) is 5.91 Å². The highest BCUT2D eigenvalue weighted by Crippen LogP contribution is 2.32. The van der Waals surface area contributed by atoms with Crippen molar-refractivity contribution < 1.29 is 9.53 Å². The van der Waals surface area contributed by atoms with Crippen LogP contribution in [0, 0.1) is 0 Å². The van der Waals surface area contributed by atoms with Gasteiger partial charge in [-0.25, -0.2) is 0 Å². The first-order valence-corrected chi connectivity index (χ1v) is 11.9. The van der Waals surface area contributed by atoms with Crippen LogP contribution in [0.3, 0.4) is 0 Å². The summed E-state index contributed by atoms with van der Waals surface area (Å²) in [5, 5.41) is 8.48. The molecule has 2 atom stereocenters. The molecule has 1 saturated heterocycles. The fourth-order valence-electron chi connectivity index (χ4n) is 3.29. The van der Waals surface area contributed by atoms with Gasteiger partial charge in [-0.1, -0.05) is 47.0 Å². The predicted molar refractivity (Wildman–Crippen MR) is 113 cm³/mol. The van der Waals surface area contributed by atoms with Gasteiger partial charge >= 0.3 is 0 Å². The van der Waals surface area contributed by atoms with Crippen molar-refractivity contribution in [2.75, 3.05) is 12.9 Å². The standard InChI is InChI=1S/C19H25N3O2S3/c1-13-5-4-6-14(2)22(13)17(23)12-26-19-21-20-18(27-19)25-11-15-7-9-16(24-3)10-8-15/h7-10,13-14H,4-6,11-12H2,1-3H3/t13-,14-/m0/s1. The van der Waals surface area contributed by atoms with E-state index in [4.69, 9.17) is 4.74 Å². The minimum Gasteiger partial charge on any atom is -0.497 e. The van der Waals surface area contributed by atoms with Crippen molar-refractivity contribution in [3.63, 3.8) is 0 Å². The molecular formula is C19H25N3O2S3. The molecule has 0 aliphatic carbocycles. The molecule has 0 N–H and O–H groups in total. The van der Waals surface area contributed by atoms with Gasteiger partial charge in [-0.2, -0.15) is 0 Å². The van der Waals surface area contributed by atoms with Crippen LogP contribution < -0.4 is 4.74 Å². The Balaban J connectivity index is 1.48. The summed E-state index contributed by atoms with van der Waals surface area (Å²) < 4.78 is 6.97. The van der Waals surface area contributed by atoms with Crippen LogP contribution in [0.1, 0.15) is 38.7 Å². The van der Waals surface area contributed by atoms with Crippen molar-refractivity contribution in [1.29, 1.82) is 0 Å². The molecule has 2 heterocycles. The summed E-state index contributed by atoms with van der Waals surface area (Å²) in [6.07, 6.45) is 3.42. The van der Waals surface area contributed by atoms with Crippen LogP contribution in [0.4, 0.5) is 0 Å². The van der Waals surface area contributed by atoms with E-state index in [0.29, 0.717) is 17.8 Å². The highest BCUT2D eigenvalue weighted by atomic mass is 32.2. The van der Waals surface area contributed by atoms with Crippen LogP contribution in [0.2, 0.25) is 0 Å². The third kappa shape index (κ3) is 5.62. The summed E-state index contributed by atoms with van der Waals surface area (Å²) in [4.78, 5) is 14.7. The molecule has 0 spiro atoms. The predicted octanol–water partition coefficient (Wildman–Crippen LogP) is 4.72. The van der Waals surface area contributed by atoms with E-state index >= 15 is 0 Å². The Morgan fingerprint density at radius 3 is 2.41 bits per heavy atom. The van der Waals surface area contributed by atoms with Gasteiger partial charge < -0.3 is 9.64 Å². The second-order valence-electron chi connectivity index (χ2n) is 6.69. The normalized spacial score (nSPS) is 19.9. The zero-order valence-electron chi connectivity index (χ0n) is 15.9. The molecule has 3 rings (SSSR count). The Morgan fingerprint density at radius 2 is 1.78 bits per heavy atom. The number of thioether (sulfide) groups is 2. The minimum atomic E-state index is 0.210. The van der Waals surface area contributed by atoms with Gasteiger partial charge in [-0.3, -0.25) is 4.79 Å². The molecule has 0 unspecified atom stereocenters. The zero-order chi connectivity index (χ0) is 19.2. The smallest absolute Gasteiger partial charge is 0.233 e. The number of hydrogen-bond donors (Lipinski definition) is 0. The van der Waals surface area contributed by atoms with Crippen LogP contribution in [-0.2, 0) is 10.5 Å². The number of benzene rings is 1. The molecule has 0 radical (unpaired) electrons. The molecule has 1 fully saturated rings. The Bertz CT molecular complexity index is 741. The van der Waals surface area contributed by atoms with Crippen LogP contribution in [0.5, 0.6) is 5.75 Å². The van der Waals surface area contributed by atoms with Crippen molar-refractivity contribution >= 4 is 40.8 Å². The molecule has 1 aliphatic heterocycles. The maximum absolute atomic E-state index is 12.6. The first-order valence-electron chi connectivity index (χ1n) is 9.10. The van der Waals surface area contributed by atoms with E-state index in [1.807, 2.05) is 12.1 Å². The van der Waals surface area contributed by atoms with Gasteiger partial charge in [0.15, 0.2) is 8.68 Å². The van der Waals surface area contributed by atoms with E-state index in [2.05, 4.69) is 41.1 Å². The summed E-state index contributed by atoms with van der Waals surface area (Å²) in [5.74, 6) is 2.35. The highest BCUT2D eigenvalue weighted by molar-refractivity contribution is 8.03. The molecule has 0 saturated carbocycles. The molecule has 27 heavy (non-hydrogen) atoms. The molecule has 1 aliphatic rings. The summed E-state index contributed by atoms with van der Waals surface area (Å²) in [7, 11) is 1.67. The SMILES string of the molecule is COc1ccc(CSc2nnc(SCC(=O)N3[C@@H](C)CCC[C@@H]3C)s2)cc1. The lowest BCUT2D eigenvalue weighted by Gasteiger charge is -2.39. The van der Waals surface area contributed by atoms with Gasteiger partial charge in [0, 0.05) is 17.8 Å². The topological polar surface area (TPSA) is 55.3 Å². The number of carbonyl (C=O) groups is 1. The quantitative estimate of drug-likeness (QED) is 0.601. The number of ether oxygens (including phenoxy) is 1. The Labute approximate surface area is 173 Å². The van der Waals surface area contributed by atoms with Gasteiger partial charge in [-0.05, 0) is 50.8 Å². The number of amides is 1. The molecular weight excluding hydrogens is 398 g/mol.